The molecule has 0 aliphatic carbocycles. The summed E-state index contributed by atoms with van der Waals surface area (Å²) in [7, 11) is 1.35. The van der Waals surface area contributed by atoms with Gasteiger partial charge < -0.3 is 14.2 Å². The molecule has 0 saturated carbocycles. The number of nitrogens with zero attached hydrogens (tertiary/aromatic N) is 2. The Morgan fingerprint density at radius 2 is 2.00 bits per heavy atom. The number of fused-ring (bicyclic) bond motifs is 1. The molecule has 1 unspecified atom stereocenters. The van der Waals surface area contributed by atoms with Gasteiger partial charge in [0.15, 0.2) is 12.0 Å². The van der Waals surface area contributed by atoms with E-state index in [0.29, 0.717) is 24.6 Å². The van der Waals surface area contributed by atoms with Crippen LogP contribution in [0.15, 0.2) is 36.4 Å². The fraction of sp³-hybridized carbons (Fsp3) is 0.417. The number of halogens is 1. The molecule has 31 heavy (non-hydrogen) atoms. The van der Waals surface area contributed by atoms with E-state index in [2.05, 4.69) is 13.8 Å². The Labute approximate surface area is 180 Å². The maximum absolute atomic E-state index is 13.6. The Kier molecular flexibility index (Phi) is 6.34. The number of benzene rings is 1. The van der Waals surface area contributed by atoms with Gasteiger partial charge in [-0.15, -0.1) is 0 Å². The maximum Gasteiger partial charge on any atom is 0.356 e. The zero-order chi connectivity index (χ0) is 22.0. The molecule has 0 spiro atoms. The number of hydrogen-bond donors (Lipinski definition) is 0. The van der Waals surface area contributed by atoms with Gasteiger partial charge in [0.05, 0.1) is 24.9 Å². The van der Waals surface area contributed by atoms with Crippen molar-refractivity contribution < 1.29 is 23.4 Å². The van der Waals surface area contributed by atoms with Crippen molar-refractivity contribution in [1.82, 2.24) is 9.61 Å². The number of rotatable bonds is 6. The normalized spacial score (nSPS) is 16.7. The van der Waals surface area contributed by atoms with Crippen LogP contribution in [-0.4, -0.2) is 35.6 Å². The Morgan fingerprint density at radius 3 is 2.65 bits per heavy atom. The van der Waals surface area contributed by atoms with Crippen LogP contribution in [0.4, 0.5) is 4.39 Å². The van der Waals surface area contributed by atoms with Gasteiger partial charge in [-0.3, -0.25) is 0 Å². The van der Waals surface area contributed by atoms with Crippen molar-refractivity contribution >= 4 is 11.5 Å². The van der Waals surface area contributed by atoms with Crippen LogP contribution in [0.1, 0.15) is 60.6 Å². The first kappa shape index (κ1) is 21.5. The molecule has 4 rings (SSSR count). The number of aromatic nitrogens is 2. The smallest absolute Gasteiger partial charge is 0.356 e. The molecule has 1 aliphatic heterocycles. The summed E-state index contributed by atoms with van der Waals surface area (Å²) in [5.41, 5.74) is 4.50. The first-order chi connectivity index (χ1) is 15.0. The molecule has 2 aromatic heterocycles. The van der Waals surface area contributed by atoms with Gasteiger partial charge in [-0.05, 0) is 67.1 Å². The molecule has 1 fully saturated rings. The Morgan fingerprint density at radius 1 is 1.23 bits per heavy atom. The third-order valence-corrected chi connectivity index (χ3v) is 5.58. The quantitative estimate of drug-likeness (QED) is 0.514. The van der Waals surface area contributed by atoms with Crippen molar-refractivity contribution in [2.24, 2.45) is 0 Å². The maximum atomic E-state index is 13.6. The number of hydrogen-bond acceptors (Lipinski definition) is 5. The second-order valence-corrected chi connectivity index (χ2v) is 8.02. The first-order valence-electron chi connectivity index (χ1n) is 10.6. The molecule has 0 amide bonds. The molecule has 164 valence electrons. The molecule has 1 aliphatic rings. The summed E-state index contributed by atoms with van der Waals surface area (Å²) < 4.78 is 32.0. The van der Waals surface area contributed by atoms with Crippen molar-refractivity contribution in [2.75, 3.05) is 13.7 Å². The van der Waals surface area contributed by atoms with E-state index >= 15 is 0 Å². The molecule has 0 N–H and O–H groups in total. The lowest BCUT2D eigenvalue weighted by molar-refractivity contribution is -0.169. The fourth-order valence-corrected chi connectivity index (χ4v) is 4.09. The number of carbonyl (C=O) groups excluding carboxylic acids is 1. The molecule has 1 saturated heterocycles. The lowest BCUT2D eigenvalue weighted by Crippen LogP contribution is -2.23. The van der Waals surface area contributed by atoms with E-state index in [0.717, 1.165) is 41.5 Å². The first-order valence-corrected chi connectivity index (χ1v) is 10.6. The van der Waals surface area contributed by atoms with Crippen LogP contribution in [0, 0.1) is 5.82 Å². The van der Waals surface area contributed by atoms with Crippen LogP contribution >= 0.6 is 0 Å². The molecule has 0 bridgehead atoms. The third-order valence-electron chi connectivity index (χ3n) is 5.58. The van der Waals surface area contributed by atoms with Crippen molar-refractivity contribution in [3.63, 3.8) is 0 Å². The van der Waals surface area contributed by atoms with Gasteiger partial charge in [-0.2, -0.15) is 5.10 Å². The Balaban J connectivity index is 1.88. The van der Waals surface area contributed by atoms with E-state index in [4.69, 9.17) is 19.3 Å². The molecule has 7 heteroatoms. The lowest BCUT2D eigenvalue weighted by Gasteiger charge is -2.25. The summed E-state index contributed by atoms with van der Waals surface area (Å²) in [6, 6.07) is 9.78. The van der Waals surface area contributed by atoms with Crippen LogP contribution in [0.5, 0.6) is 0 Å². The molecule has 3 aromatic rings. The number of methoxy groups -OCH3 is 1. The second-order valence-electron chi connectivity index (χ2n) is 8.02. The Hall–Kier alpha value is -2.77. The van der Waals surface area contributed by atoms with Crippen molar-refractivity contribution in [1.29, 1.82) is 0 Å². The van der Waals surface area contributed by atoms with Crippen LogP contribution in [0.25, 0.3) is 16.8 Å². The number of ether oxygens (including phenoxy) is 3. The molecular formula is C24H27FN2O4. The van der Waals surface area contributed by atoms with E-state index < -0.39 is 5.97 Å². The summed E-state index contributed by atoms with van der Waals surface area (Å²) in [5.74, 6) is -0.652. The van der Waals surface area contributed by atoms with Crippen molar-refractivity contribution in [2.45, 2.75) is 51.9 Å². The van der Waals surface area contributed by atoms with Gasteiger partial charge in [0.2, 0.25) is 0 Å². The highest BCUT2D eigenvalue weighted by atomic mass is 19.1. The standard InChI is InChI=1S/C24H27FN2O4/c1-15(2)22-18(14-31-21-6-4-5-13-30-21)23(16-7-9-17(25)10-8-16)26-27-19(22)11-12-20(27)24(28)29-3/h7-12,15,21H,4-6,13-14H2,1-3H3. The SMILES string of the molecule is COC(=O)c1ccc2c(C(C)C)c(COC3CCCCO3)c(-c3ccc(F)cc3)nn12. The van der Waals surface area contributed by atoms with E-state index in [9.17, 15) is 9.18 Å². The van der Waals surface area contributed by atoms with Gasteiger partial charge >= 0.3 is 5.97 Å². The Bertz CT molecular complexity index is 1070. The minimum atomic E-state index is -0.466. The topological polar surface area (TPSA) is 62.1 Å². The minimum Gasteiger partial charge on any atom is -0.464 e. The number of carbonyl (C=O) groups is 1. The van der Waals surface area contributed by atoms with Crippen LogP contribution in [0.3, 0.4) is 0 Å². The average Bonchev–Trinajstić information content (AvgIpc) is 3.20. The van der Waals surface area contributed by atoms with Gasteiger partial charge in [0.1, 0.15) is 5.82 Å². The van der Waals surface area contributed by atoms with E-state index in [1.54, 1.807) is 22.7 Å². The minimum absolute atomic E-state index is 0.135. The summed E-state index contributed by atoms with van der Waals surface area (Å²) in [4.78, 5) is 12.3. The van der Waals surface area contributed by atoms with Gasteiger partial charge in [0.25, 0.3) is 0 Å². The zero-order valence-corrected chi connectivity index (χ0v) is 18.1. The second kappa shape index (κ2) is 9.16. The molecule has 3 heterocycles. The molecule has 0 radical (unpaired) electrons. The molecule has 1 aromatic carbocycles. The predicted octanol–water partition coefficient (Wildman–Crippen LogP) is 5.09. The summed E-state index contributed by atoms with van der Waals surface area (Å²) in [6.45, 7) is 5.20. The summed E-state index contributed by atoms with van der Waals surface area (Å²) in [6.07, 6.45) is 2.73. The fourth-order valence-electron chi connectivity index (χ4n) is 4.09. The van der Waals surface area contributed by atoms with Crippen molar-refractivity contribution in [3.05, 3.63) is 59.0 Å². The van der Waals surface area contributed by atoms with E-state index in [-0.39, 0.29) is 18.0 Å². The average molecular weight is 426 g/mol. The summed E-state index contributed by atoms with van der Waals surface area (Å²) >= 11 is 0. The molecular weight excluding hydrogens is 399 g/mol. The largest absolute Gasteiger partial charge is 0.464 e. The van der Waals surface area contributed by atoms with Crippen LogP contribution in [0.2, 0.25) is 0 Å². The van der Waals surface area contributed by atoms with Gasteiger partial charge in [0, 0.05) is 17.7 Å². The predicted molar refractivity (Wildman–Crippen MR) is 114 cm³/mol. The molecule has 1 atom stereocenters. The van der Waals surface area contributed by atoms with E-state index in [1.807, 2.05) is 6.07 Å². The highest BCUT2D eigenvalue weighted by Crippen LogP contribution is 2.34. The highest BCUT2D eigenvalue weighted by Gasteiger charge is 2.24. The van der Waals surface area contributed by atoms with Crippen LogP contribution < -0.4 is 0 Å². The van der Waals surface area contributed by atoms with Gasteiger partial charge in [-0.1, -0.05) is 13.8 Å². The van der Waals surface area contributed by atoms with Gasteiger partial charge in [-0.25, -0.2) is 13.7 Å². The molecule has 6 nitrogen and oxygen atoms in total. The highest BCUT2D eigenvalue weighted by molar-refractivity contribution is 5.89. The summed E-state index contributed by atoms with van der Waals surface area (Å²) in [5, 5.41) is 4.78. The monoisotopic (exact) mass is 426 g/mol. The third kappa shape index (κ3) is 4.34. The lowest BCUT2D eigenvalue weighted by atomic mass is 9.94. The van der Waals surface area contributed by atoms with Crippen molar-refractivity contribution in [3.8, 4) is 11.3 Å². The van der Waals surface area contributed by atoms with Crippen LogP contribution in [-0.2, 0) is 20.8 Å². The zero-order valence-electron chi connectivity index (χ0n) is 18.1. The number of esters is 1. The van der Waals surface area contributed by atoms with E-state index in [1.165, 1.54) is 19.2 Å².